The molecule has 2 unspecified atom stereocenters. The van der Waals surface area contributed by atoms with Crippen LogP contribution in [0.15, 0.2) is 4.99 Å². The van der Waals surface area contributed by atoms with Gasteiger partial charge in [-0.2, -0.15) is 0 Å². The normalized spacial score (nSPS) is 23.4. The Morgan fingerprint density at radius 2 is 1.85 bits per heavy atom. The number of ether oxygens (including phenoxy) is 1. The number of aliphatic imine (C=N–C) groups is 1. The number of nitrogens with one attached hydrogen (secondary N) is 1. The number of likely N-dealkylation sites (N-methyl/N-ethyl adjacent to an activating group) is 1. The zero-order chi connectivity index (χ0) is 19.6. The zero-order valence-corrected chi connectivity index (χ0v) is 18.4. The number of rotatable bonds is 9. The number of nitrogens with zero attached hydrogens (tertiary/aromatic N) is 4. The standard InChI is InChI=1S/C21H43N5O/c1-6-22-21(23-16-20(15-18(4)5)24(7-2)8-3)26-10-9-19(17-26)25-11-13-27-14-12-25/h18-20H,6-17H2,1-5H3,(H,22,23). The second kappa shape index (κ2) is 11.9. The van der Waals surface area contributed by atoms with Crippen LogP contribution in [0.4, 0.5) is 0 Å². The van der Waals surface area contributed by atoms with E-state index in [4.69, 9.17) is 9.73 Å². The van der Waals surface area contributed by atoms with Crippen molar-refractivity contribution in [2.75, 3.05) is 65.6 Å². The van der Waals surface area contributed by atoms with Crippen molar-refractivity contribution in [2.45, 2.75) is 59.5 Å². The van der Waals surface area contributed by atoms with Gasteiger partial charge in [0.2, 0.25) is 0 Å². The average molecular weight is 382 g/mol. The summed E-state index contributed by atoms with van der Waals surface area (Å²) in [5, 5.41) is 3.55. The fourth-order valence-corrected chi connectivity index (χ4v) is 4.42. The van der Waals surface area contributed by atoms with Crippen LogP contribution in [0.2, 0.25) is 0 Å². The van der Waals surface area contributed by atoms with Crippen molar-refractivity contribution in [3.05, 3.63) is 0 Å². The highest BCUT2D eigenvalue weighted by Crippen LogP contribution is 2.18. The van der Waals surface area contributed by atoms with Crippen molar-refractivity contribution in [3.8, 4) is 0 Å². The highest BCUT2D eigenvalue weighted by Gasteiger charge is 2.30. The molecule has 2 atom stereocenters. The molecular weight excluding hydrogens is 338 g/mol. The highest BCUT2D eigenvalue weighted by atomic mass is 16.5. The minimum absolute atomic E-state index is 0.534. The maximum absolute atomic E-state index is 5.52. The summed E-state index contributed by atoms with van der Waals surface area (Å²) < 4.78 is 5.52. The lowest BCUT2D eigenvalue weighted by Gasteiger charge is -2.32. The molecule has 2 fully saturated rings. The second-order valence-electron chi connectivity index (χ2n) is 8.24. The van der Waals surface area contributed by atoms with Crippen molar-refractivity contribution in [1.29, 1.82) is 0 Å². The molecule has 6 heteroatoms. The van der Waals surface area contributed by atoms with E-state index in [2.05, 4.69) is 54.6 Å². The Bertz CT molecular complexity index is 432. The van der Waals surface area contributed by atoms with Crippen molar-refractivity contribution < 1.29 is 4.74 Å². The molecule has 6 nitrogen and oxygen atoms in total. The van der Waals surface area contributed by atoms with Gasteiger partial charge >= 0.3 is 0 Å². The van der Waals surface area contributed by atoms with Crippen LogP contribution >= 0.6 is 0 Å². The molecule has 0 radical (unpaired) electrons. The summed E-state index contributed by atoms with van der Waals surface area (Å²) in [6.07, 6.45) is 2.44. The van der Waals surface area contributed by atoms with Crippen LogP contribution in [-0.2, 0) is 4.74 Å². The predicted octanol–water partition coefficient (Wildman–Crippen LogP) is 2.11. The van der Waals surface area contributed by atoms with Crippen LogP contribution in [0.1, 0.15) is 47.5 Å². The summed E-state index contributed by atoms with van der Waals surface area (Å²) in [4.78, 5) is 12.7. The largest absolute Gasteiger partial charge is 0.379 e. The first-order valence-electron chi connectivity index (χ1n) is 11.2. The van der Waals surface area contributed by atoms with E-state index < -0.39 is 0 Å². The monoisotopic (exact) mass is 381 g/mol. The van der Waals surface area contributed by atoms with Crippen LogP contribution in [0, 0.1) is 5.92 Å². The third kappa shape index (κ3) is 6.91. The predicted molar refractivity (Wildman–Crippen MR) is 115 cm³/mol. The van der Waals surface area contributed by atoms with Gasteiger partial charge in [0, 0.05) is 44.8 Å². The van der Waals surface area contributed by atoms with Gasteiger partial charge in [0.05, 0.1) is 19.8 Å². The van der Waals surface area contributed by atoms with E-state index in [1.807, 2.05) is 0 Å². The van der Waals surface area contributed by atoms with Gasteiger partial charge in [-0.3, -0.25) is 14.8 Å². The van der Waals surface area contributed by atoms with Gasteiger partial charge in [0.1, 0.15) is 0 Å². The summed E-state index contributed by atoms with van der Waals surface area (Å²) >= 11 is 0. The van der Waals surface area contributed by atoms with E-state index in [1.165, 1.54) is 12.8 Å². The van der Waals surface area contributed by atoms with E-state index in [0.29, 0.717) is 18.0 Å². The summed E-state index contributed by atoms with van der Waals surface area (Å²) in [6.45, 7) is 21.5. The molecule has 2 aliphatic heterocycles. The first-order chi connectivity index (χ1) is 13.1. The summed E-state index contributed by atoms with van der Waals surface area (Å²) in [5.74, 6) is 1.81. The fraction of sp³-hybridized carbons (Fsp3) is 0.952. The molecule has 0 amide bonds. The van der Waals surface area contributed by atoms with Gasteiger partial charge in [-0.05, 0) is 38.8 Å². The van der Waals surface area contributed by atoms with Gasteiger partial charge in [-0.1, -0.05) is 27.7 Å². The summed E-state index contributed by atoms with van der Waals surface area (Å²) in [6, 6.07) is 1.18. The van der Waals surface area contributed by atoms with Crippen molar-refractivity contribution in [3.63, 3.8) is 0 Å². The molecule has 2 rings (SSSR count). The first-order valence-corrected chi connectivity index (χ1v) is 11.2. The van der Waals surface area contributed by atoms with Gasteiger partial charge in [-0.15, -0.1) is 0 Å². The molecule has 1 N–H and O–H groups in total. The Hall–Kier alpha value is -0.850. The minimum Gasteiger partial charge on any atom is -0.379 e. The Balaban J connectivity index is 1.99. The Morgan fingerprint density at radius 1 is 1.15 bits per heavy atom. The maximum atomic E-state index is 5.52. The topological polar surface area (TPSA) is 43.3 Å². The molecule has 0 aliphatic carbocycles. The quantitative estimate of drug-likeness (QED) is 0.489. The third-order valence-corrected chi connectivity index (χ3v) is 5.88. The number of hydrogen-bond donors (Lipinski definition) is 1. The fourth-order valence-electron chi connectivity index (χ4n) is 4.42. The van der Waals surface area contributed by atoms with Gasteiger partial charge in [0.25, 0.3) is 0 Å². The van der Waals surface area contributed by atoms with E-state index in [9.17, 15) is 0 Å². The molecule has 0 aromatic carbocycles. The SMILES string of the molecule is CCNC(=NCC(CC(C)C)N(CC)CC)N1CCC(N2CCOCC2)C1. The molecule has 0 aromatic rings. The summed E-state index contributed by atoms with van der Waals surface area (Å²) in [7, 11) is 0. The van der Waals surface area contributed by atoms with Gasteiger partial charge in [-0.25, -0.2) is 0 Å². The molecule has 27 heavy (non-hydrogen) atoms. The van der Waals surface area contributed by atoms with Gasteiger partial charge in [0.15, 0.2) is 5.96 Å². The minimum atomic E-state index is 0.534. The Kier molecular flexibility index (Phi) is 9.87. The van der Waals surface area contributed by atoms with E-state index in [-0.39, 0.29) is 0 Å². The number of likely N-dealkylation sites (tertiary alicyclic amines) is 1. The highest BCUT2D eigenvalue weighted by molar-refractivity contribution is 5.80. The van der Waals surface area contributed by atoms with Crippen LogP contribution in [0.25, 0.3) is 0 Å². The van der Waals surface area contributed by atoms with E-state index >= 15 is 0 Å². The van der Waals surface area contributed by atoms with Crippen LogP contribution in [-0.4, -0.2) is 98.3 Å². The smallest absolute Gasteiger partial charge is 0.194 e. The molecule has 0 saturated carbocycles. The van der Waals surface area contributed by atoms with Crippen LogP contribution < -0.4 is 5.32 Å². The lowest BCUT2D eigenvalue weighted by Crippen LogP contribution is -2.47. The summed E-state index contributed by atoms with van der Waals surface area (Å²) in [5.41, 5.74) is 0. The molecule has 158 valence electrons. The van der Waals surface area contributed by atoms with Crippen LogP contribution in [0.5, 0.6) is 0 Å². The van der Waals surface area contributed by atoms with E-state index in [0.717, 1.165) is 71.5 Å². The van der Waals surface area contributed by atoms with Crippen LogP contribution in [0.3, 0.4) is 0 Å². The molecule has 2 saturated heterocycles. The Labute approximate surface area is 167 Å². The van der Waals surface area contributed by atoms with Crippen molar-refractivity contribution in [2.24, 2.45) is 10.9 Å². The number of guanidine groups is 1. The molecule has 2 aliphatic rings. The molecule has 0 bridgehead atoms. The van der Waals surface area contributed by atoms with Gasteiger partial charge < -0.3 is 15.0 Å². The molecular formula is C21H43N5O. The second-order valence-corrected chi connectivity index (χ2v) is 8.24. The number of morpholine rings is 1. The maximum Gasteiger partial charge on any atom is 0.194 e. The number of hydrogen-bond acceptors (Lipinski definition) is 4. The first kappa shape index (κ1) is 22.4. The molecule has 2 heterocycles. The Morgan fingerprint density at radius 3 is 2.44 bits per heavy atom. The third-order valence-electron chi connectivity index (χ3n) is 5.88. The molecule has 0 spiro atoms. The molecule has 0 aromatic heterocycles. The average Bonchev–Trinajstić information content (AvgIpc) is 3.16. The zero-order valence-electron chi connectivity index (χ0n) is 18.4. The van der Waals surface area contributed by atoms with Crippen molar-refractivity contribution >= 4 is 5.96 Å². The van der Waals surface area contributed by atoms with E-state index in [1.54, 1.807) is 0 Å². The van der Waals surface area contributed by atoms with Crippen molar-refractivity contribution in [1.82, 2.24) is 20.0 Å². The lowest BCUT2D eigenvalue weighted by molar-refractivity contribution is 0.0195. The lowest BCUT2D eigenvalue weighted by atomic mass is 10.0.